The molecule has 40 heavy (non-hydrogen) atoms. The molecular weight excluding hydrogens is 486 g/mol. The third kappa shape index (κ3) is 3.73. The van der Waals surface area contributed by atoms with Crippen molar-refractivity contribution in [2.75, 3.05) is 4.90 Å². The van der Waals surface area contributed by atoms with Gasteiger partial charge in [-0.1, -0.05) is 109 Å². The average Bonchev–Trinajstić information content (AvgIpc) is 3.46. The predicted octanol–water partition coefficient (Wildman–Crippen LogP) is 11.0. The Kier molecular flexibility index (Phi) is 5.17. The summed E-state index contributed by atoms with van der Waals surface area (Å²) in [6.45, 7) is 0. The molecule has 0 aliphatic carbocycles. The smallest absolute Gasteiger partial charge is 0.135 e. The van der Waals surface area contributed by atoms with Gasteiger partial charge >= 0.3 is 0 Å². The Balaban J connectivity index is 1.35. The zero-order valence-corrected chi connectivity index (χ0v) is 21.8. The number of rotatable bonds is 4. The van der Waals surface area contributed by atoms with Crippen LogP contribution in [0, 0.1) is 0 Å². The number of para-hydroxylation sites is 1. The van der Waals surface area contributed by atoms with Gasteiger partial charge in [0.1, 0.15) is 11.3 Å². The van der Waals surface area contributed by atoms with Gasteiger partial charge in [-0.25, -0.2) is 0 Å². The molecule has 0 bridgehead atoms. The summed E-state index contributed by atoms with van der Waals surface area (Å²) in [5.41, 5.74) is 5.27. The maximum Gasteiger partial charge on any atom is 0.135 e. The zero-order valence-electron chi connectivity index (χ0n) is 21.8. The van der Waals surface area contributed by atoms with E-state index in [1.165, 1.54) is 32.3 Å². The first-order chi connectivity index (χ1) is 19.8. The molecule has 0 N–H and O–H groups in total. The number of furan rings is 1. The second-order valence-corrected chi connectivity index (χ2v) is 10.2. The molecule has 0 fully saturated rings. The molecule has 0 atom stereocenters. The van der Waals surface area contributed by atoms with Crippen LogP contribution in [-0.2, 0) is 0 Å². The van der Waals surface area contributed by atoms with E-state index >= 15 is 0 Å². The van der Waals surface area contributed by atoms with Crippen LogP contribution in [0.4, 0.5) is 17.1 Å². The molecule has 2 nitrogen and oxygen atoms in total. The minimum atomic E-state index is 0.867. The first-order valence-electron chi connectivity index (χ1n) is 13.6. The van der Waals surface area contributed by atoms with Crippen molar-refractivity contribution in [1.29, 1.82) is 0 Å². The minimum absolute atomic E-state index is 0.867. The van der Waals surface area contributed by atoms with Crippen LogP contribution in [0.2, 0.25) is 0 Å². The number of hydrogen-bond acceptors (Lipinski definition) is 2. The highest BCUT2D eigenvalue weighted by atomic mass is 16.3. The highest BCUT2D eigenvalue weighted by Gasteiger charge is 2.17. The van der Waals surface area contributed by atoms with Gasteiger partial charge in [0.05, 0.1) is 5.69 Å². The van der Waals surface area contributed by atoms with Crippen LogP contribution < -0.4 is 4.90 Å². The van der Waals surface area contributed by atoms with Crippen LogP contribution in [0.25, 0.3) is 54.6 Å². The van der Waals surface area contributed by atoms with Crippen molar-refractivity contribution < 1.29 is 4.42 Å². The summed E-state index contributed by atoms with van der Waals surface area (Å²) in [6, 6.07) is 53.9. The molecule has 0 aliphatic rings. The third-order valence-corrected chi connectivity index (χ3v) is 7.81. The van der Waals surface area contributed by atoms with Crippen molar-refractivity contribution in [3.05, 3.63) is 152 Å². The third-order valence-electron chi connectivity index (χ3n) is 7.81. The molecule has 188 valence electrons. The summed E-state index contributed by atoms with van der Waals surface area (Å²) in [5, 5.41) is 8.53. The zero-order chi connectivity index (χ0) is 26.5. The van der Waals surface area contributed by atoms with Crippen molar-refractivity contribution in [2.45, 2.75) is 0 Å². The van der Waals surface area contributed by atoms with Crippen LogP contribution in [-0.4, -0.2) is 0 Å². The summed E-state index contributed by atoms with van der Waals surface area (Å²) in [6.07, 6.45) is 0. The summed E-state index contributed by atoms with van der Waals surface area (Å²) in [4.78, 5) is 2.36. The van der Waals surface area contributed by atoms with Crippen molar-refractivity contribution in [3.63, 3.8) is 0 Å². The van der Waals surface area contributed by atoms with Crippen LogP contribution in [0.3, 0.4) is 0 Å². The first-order valence-corrected chi connectivity index (χ1v) is 13.6. The molecule has 1 heterocycles. The molecule has 2 heteroatoms. The van der Waals surface area contributed by atoms with E-state index in [9.17, 15) is 0 Å². The Morgan fingerprint density at radius 3 is 1.93 bits per heavy atom. The predicted molar refractivity (Wildman–Crippen MR) is 169 cm³/mol. The number of hydrogen-bond donors (Lipinski definition) is 0. The second kappa shape index (κ2) is 9.14. The average molecular weight is 512 g/mol. The Morgan fingerprint density at radius 1 is 0.400 bits per heavy atom. The van der Waals surface area contributed by atoms with Gasteiger partial charge in [0.2, 0.25) is 0 Å². The number of fused-ring (bicyclic) bond motifs is 5. The lowest BCUT2D eigenvalue weighted by Gasteiger charge is -2.27. The molecule has 0 radical (unpaired) electrons. The Morgan fingerprint density at radius 2 is 1.05 bits per heavy atom. The van der Waals surface area contributed by atoms with Crippen molar-refractivity contribution in [3.8, 4) is 11.3 Å². The quantitative estimate of drug-likeness (QED) is 0.218. The number of nitrogens with zero attached hydrogens (tertiary/aromatic N) is 1. The van der Waals surface area contributed by atoms with Crippen molar-refractivity contribution in [2.24, 2.45) is 0 Å². The molecular formula is C38H25NO. The molecule has 0 unspecified atom stereocenters. The molecule has 1 aromatic heterocycles. The lowest BCUT2D eigenvalue weighted by molar-refractivity contribution is 0.631. The minimum Gasteiger partial charge on any atom is -0.456 e. The number of benzene rings is 7. The summed E-state index contributed by atoms with van der Waals surface area (Å²) < 4.78 is 6.25. The summed E-state index contributed by atoms with van der Waals surface area (Å²) in [5.74, 6) is 0.867. The lowest BCUT2D eigenvalue weighted by Crippen LogP contribution is -2.10. The molecule has 7 aromatic carbocycles. The normalized spacial score (nSPS) is 11.5. The van der Waals surface area contributed by atoms with Crippen LogP contribution in [0.5, 0.6) is 0 Å². The van der Waals surface area contributed by atoms with Crippen molar-refractivity contribution >= 4 is 60.3 Å². The van der Waals surface area contributed by atoms with Crippen LogP contribution in [0.1, 0.15) is 0 Å². The van der Waals surface area contributed by atoms with E-state index in [0.717, 1.165) is 39.4 Å². The Labute approximate surface area is 232 Å². The monoisotopic (exact) mass is 511 g/mol. The van der Waals surface area contributed by atoms with E-state index < -0.39 is 0 Å². The fourth-order valence-electron chi connectivity index (χ4n) is 5.89. The van der Waals surface area contributed by atoms with Crippen LogP contribution in [0.15, 0.2) is 156 Å². The van der Waals surface area contributed by atoms with E-state index in [-0.39, 0.29) is 0 Å². The summed E-state index contributed by atoms with van der Waals surface area (Å²) in [7, 11) is 0. The highest BCUT2D eigenvalue weighted by molar-refractivity contribution is 6.09. The highest BCUT2D eigenvalue weighted by Crippen LogP contribution is 2.42. The van der Waals surface area contributed by atoms with Gasteiger partial charge in [-0.05, 0) is 69.4 Å². The fraction of sp³-hybridized carbons (Fsp3) is 0. The first kappa shape index (κ1) is 22.6. The van der Waals surface area contributed by atoms with Crippen molar-refractivity contribution in [1.82, 2.24) is 0 Å². The van der Waals surface area contributed by atoms with E-state index in [0.29, 0.717) is 0 Å². The maximum absolute atomic E-state index is 6.25. The van der Waals surface area contributed by atoms with E-state index in [4.69, 9.17) is 4.42 Å². The van der Waals surface area contributed by atoms with Gasteiger partial charge in [-0.15, -0.1) is 0 Å². The van der Waals surface area contributed by atoms with Gasteiger partial charge in [-0.2, -0.15) is 0 Å². The van der Waals surface area contributed by atoms with Crippen LogP contribution >= 0.6 is 0 Å². The largest absolute Gasteiger partial charge is 0.456 e. The number of anilines is 3. The standard InChI is InChI=1S/C38H25NO/c1-4-15-33-27(10-1)19-20-28-23-32(21-22-34(28)33)39(36-17-8-12-26-9-2-5-16-35(26)36)31-14-7-13-29(24-31)38-25-30-11-3-6-18-37(30)40-38/h1-25H. The molecule has 0 saturated carbocycles. The van der Waals surface area contributed by atoms with E-state index in [1.54, 1.807) is 0 Å². The second-order valence-electron chi connectivity index (χ2n) is 10.2. The molecule has 0 saturated heterocycles. The summed E-state index contributed by atoms with van der Waals surface area (Å²) >= 11 is 0. The topological polar surface area (TPSA) is 16.4 Å². The maximum atomic E-state index is 6.25. The van der Waals surface area contributed by atoms with Gasteiger partial charge in [0, 0.05) is 27.7 Å². The van der Waals surface area contributed by atoms with Gasteiger partial charge in [0.15, 0.2) is 0 Å². The van der Waals surface area contributed by atoms with Gasteiger partial charge in [-0.3, -0.25) is 0 Å². The molecule has 0 aliphatic heterocycles. The SMILES string of the molecule is c1cc(-c2cc3ccccc3o2)cc(N(c2ccc3c(ccc4ccccc43)c2)c2cccc3ccccc23)c1. The molecule has 0 amide bonds. The Hall–Kier alpha value is -5.34. The molecule has 8 rings (SSSR count). The lowest BCUT2D eigenvalue weighted by atomic mass is 10.0. The van der Waals surface area contributed by atoms with E-state index in [1.807, 2.05) is 18.2 Å². The molecule has 0 spiro atoms. The van der Waals surface area contributed by atoms with Gasteiger partial charge in [0.25, 0.3) is 0 Å². The Bertz CT molecular complexity index is 2150. The fourth-order valence-corrected chi connectivity index (χ4v) is 5.89. The van der Waals surface area contributed by atoms with Gasteiger partial charge < -0.3 is 9.32 Å². The molecule has 8 aromatic rings. The van der Waals surface area contributed by atoms with E-state index in [2.05, 4.69) is 138 Å².